The Morgan fingerprint density at radius 2 is 1.44 bits per heavy atom. The van der Waals surface area contributed by atoms with Crippen LogP contribution in [0.15, 0.2) is 0 Å². The Balaban J connectivity index is 2.45. The molecule has 0 aromatic rings. The highest BCUT2D eigenvalue weighted by Gasteiger charge is 2.30. The third-order valence-electron chi connectivity index (χ3n) is 2.23. The van der Waals surface area contributed by atoms with Crippen molar-refractivity contribution in [2.45, 2.75) is 25.7 Å². The Kier molecular flexibility index (Phi) is 3.55. The van der Waals surface area contributed by atoms with Crippen LogP contribution in [0.1, 0.15) is 25.7 Å². The van der Waals surface area contributed by atoms with Crippen molar-refractivity contribution in [2.24, 2.45) is 5.41 Å². The summed E-state index contributed by atoms with van der Waals surface area (Å²) in [5, 5.41) is 0. The van der Waals surface area contributed by atoms with Gasteiger partial charge < -0.3 is 0 Å². The quantitative estimate of drug-likeness (QED) is 0.529. The van der Waals surface area contributed by atoms with Gasteiger partial charge in [0.1, 0.15) is 0 Å². The molecule has 1 fully saturated rings. The standard InChI is InChI=1S/C7H12I2/c8-5-7(6-9)3-1-2-4-7/h1-6H2. The fourth-order valence-electron chi connectivity index (χ4n) is 1.43. The van der Waals surface area contributed by atoms with E-state index in [0.717, 1.165) is 5.41 Å². The predicted molar refractivity (Wildman–Crippen MR) is 58.7 cm³/mol. The Morgan fingerprint density at radius 3 is 1.67 bits per heavy atom. The molecule has 0 nitrogen and oxygen atoms in total. The molecule has 0 radical (unpaired) electrons. The molecule has 1 rings (SSSR count). The number of hydrogen-bond acceptors (Lipinski definition) is 0. The van der Waals surface area contributed by atoms with Crippen molar-refractivity contribution < 1.29 is 0 Å². The van der Waals surface area contributed by atoms with E-state index in [2.05, 4.69) is 45.2 Å². The van der Waals surface area contributed by atoms with Crippen LogP contribution in [0.3, 0.4) is 0 Å². The molecule has 9 heavy (non-hydrogen) atoms. The van der Waals surface area contributed by atoms with Crippen molar-refractivity contribution in [2.75, 3.05) is 8.86 Å². The van der Waals surface area contributed by atoms with Crippen molar-refractivity contribution in [3.8, 4) is 0 Å². The van der Waals surface area contributed by atoms with Gasteiger partial charge in [0, 0.05) is 8.86 Å². The van der Waals surface area contributed by atoms with Crippen molar-refractivity contribution in [3.05, 3.63) is 0 Å². The highest BCUT2D eigenvalue weighted by molar-refractivity contribution is 14.1. The van der Waals surface area contributed by atoms with E-state index in [4.69, 9.17) is 0 Å². The van der Waals surface area contributed by atoms with Gasteiger partial charge in [-0.05, 0) is 18.3 Å². The molecule has 0 spiro atoms. The molecule has 1 aliphatic carbocycles. The summed E-state index contributed by atoms with van der Waals surface area (Å²) in [6.45, 7) is 0. The zero-order valence-electron chi connectivity index (χ0n) is 5.50. The third kappa shape index (κ3) is 1.94. The topological polar surface area (TPSA) is 0 Å². The van der Waals surface area contributed by atoms with Gasteiger partial charge in [-0.25, -0.2) is 0 Å². The van der Waals surface area contributed by atoms with Crippen LogP contribution in [0.5, 0.6) is 0 Å². The summed E-state index contributed by atoms with van der Waals surface area (Å²) in [7, 11) is 0. The van der Waals surface area contributed by atoms with Gasteiger partial charge in [0.15, 0.2) is 0 Å². The first kappa shape index (κ1) is 8.56. The van der Waals surface area contributed by atoms with E-state index < -0.39 is 0 Å². The van der Waals surface area contributed by atoms with Crippen molar-refractivity contribution in [3.63, 3.8) is 0 Å². The van der Waals surface area contributed by atoms with Crippen LogP contribution in [-0.2, 0) is 0 Å². The van der Waals surface area contributed by atoms with Gasteiger partial charge in [0.25, 0.3) is 0 Å². The second kappa shape index (κ2) is 3.74. The van der Waals surface area contributed by atoms with E-state index in [9.17, 15) is 0 Å². The van der Waals surface area contributed by atoms with Gasteiger partial charge in [-0.1, -0.05) is 58.0 Å². The van der Waals surface area contributed by atoms with Crippen LogP contribution in [-0.4, -0.2) is 8.86 Å². The van der Waals surface area contributed by atoms with Gasteiger partial charge in [-0.2, -0.15) is 0 Å². The normalized spacial score (nSPS) is 24.7. The predicted octanol–water partition coefficient (Wildman–Crippen LogP) is 3.42. The van der Waals surface area contributed by atoms with Crippen LogP contribution in [0.2, 0.25) is 0 Å². The van der Waals surface area contributed by atoms with Gasteiger partial charge >= 0.3 is 0 Å². The maximum absolute atomic E-state index is 2.54. The van der Waals surface area contributed by atoms with E-state index in [0.29, 0.717) is 0 Å². The molecule has 0 unspecified atom stereocenters. The zero-order chi connectivity index (χ0) is 6.74. The fourth-order valence-corrected chi connectivity index (χ4v) is 4.52. The smallest absolute Gasteiger partial charge is 0.00593 e. The van der Waals surface area contributed by atoms with Crippen LogP contribution >= 0.6 is 45.2 Å². The molecule has 0 atom stereocenters. The van der Waals surface area contributed by atoms with Gasteiger partial charge in [0.2, 0.25) is 0 Å². The average Bonchev–Trinajstić information content (AvgIpc) is 2.36. The first-order valence-corrected chi connectivity index (χ1v) is 6.50. The van der Waals surface area contributed by atoms with Crippen LogP contribution in [0.25, 0.3) is 0 Å². The molecular weight excluding hydrogens is 338 g/mol. The first-order valence-electron chi connectivity index (χ1n) is 3.45. The van der Waals surface area contributed by atoms with E-state index in [1.807, 2.05) is 0 Å². The fraction of sp³-hybridized carbons (Fsp3) is 1.00. The van der Waals surface area contributed by atoms with Gasteiger partial charge in [-0.3, -0.25) is 0 Å². The average molecular weight is 350 g/mol. The molecule has 0 amide bonds. The first-order chi connectivity index (χ1) is 4.33. The minimum atomic E-state index is 0.751. The molecule has 2 heteroatoms. The summed E-state index contributed by atoms with van der Waals surface area (Å²) in [4.78, 5) is 0. The lowest BCUT2D eigenvalue weighted by molar-refractivity contribution is 0.417. The van der Waals surface area contributed by atoms with Crippen LogP contribution in [0.4, 0.5) is 0 Å². The van der Waals surface area contributed by atoms with E-state index in [-0.39, 0.29) is 0 Å². The number of rotatable bonds is 2. The molecule has 1 aliphatic rings. The summed E-state index contributed by atoms with van der Waals surface area (Å²) in [6, 6.07) is 0. The lowest BCUT2D eigenvalue weighted by Gasteiger charge is -2.22. The zero-order valence-corrected chi connectivity index (χ0v) is 9.81. The summed E-state index contributed by atoms with van der Waals surface area (Å²) in [5.74, 6) is 0. The molecule has 0 aliphatic heterocycles. The SMILES string of the molecule is ICC1(CI)CCCC1. The molecule has 0 aromatic heterocycles. The minimum absolute atomic E-state index is 0.751. The number of alkyl halides is 2. The summed E-state index contributed by atoms with van der Waals surface area (Å²) in [6.07, 6.45) is 5.93. The molecule has 1 saturated carbocycles. The molecule has 0 N–H and O–H groups in total. The Labute approximate surface area is 84.4 Å². The highest BCUT2D eigenvalue weighted by Crippen LogP contribution is 2.40. The van der Waals surface area contributed by atoms with Crippen LogP contribution < -0.4 is 0 Å². The molecule has 0 saturated heterocycles. The Hall–Kier alpha value is 1.46. The Bertz CT molecular complexity index is 78.9. The second-order valence-electron chi connectivity index (χ2n) is 2.97. The number of halogens is 2. The van der Waals surface area contributed by atoms with E-state index >= 15 is 0 Å². The Morgan fingerprint density at radius 1 is 1.00 bits per heavy atom. The lowest BCUT2D eigenvalue weighted by atomic mass is 9.92. The van der Waals surface area contributed by atoms with Crippen molar-refractivity contribution in [1.29, 1.82) is 0 Å². The largest absolute Gasteiger partial charge is 0.0857 e. The maximum Gasteiger partial charge on any atom is 0.00593 e. The third-order valence-corrected chi connectivity index (χ3v) is 5.47. The van der Waals surface area contributed by atoms with E-state index in [1.54, 1.807) is 0 Å². The maximum atomic E-state index is 2.54. The summed E-state index contributed by atoms with van der Waals surface area (Å²) >= 11 is 5.08. The molecule has 0 heterocycles. The number of hydrogen-bond donors (Lipinski definition) is 0. The van der Waals surface area contributed by atoms with Crippen LogP contribution in [0, 0.1) is 5.41 Å². The monoisotopic (exact) mass is 350 g/mol. The second-order valence-corrected chi connectivity index (χ2v) is 4.50. The molecule has 0 aromatic carbocycles. The highest BCUT2D eigenvalue weighted by atomic mass is 127. The lowest BCUT2D eigenvalue weighted by Crippen LogP contribution is -2.19. The van der Waals surface area contributed by atoms with Crippen molar-refractivity contribution in [1.82, 2.24) is 0 Å². The molecule has 0 bridgehead atoms. The molecular formula is C7H12I2. The summed E-state index contributed by atoms with van der Waals surface area (Å²) < 4.78 is 2.74. The molecule has 54 valence electrons. The van der Waals surface area contributed by atoms with Crippen molar-refractivity contribution >= 4 is 45.2 Å². The van der Waals surface area contributed by atoms with E-state index in [1.165, 1.54) is 34.5 Å². The summed E-state index contributed by atoms with van der Waals surface area (Å²) in [5.41, 5.74) is 0.751. The van der Waals surface area contributed by atoms with Gasteiger partial charge in [0.05, 0.1) is 0 Å². The van der Waals surface area contributed by atoms with Gasteiger partial charge in [-0.15, -0.1) is 0 Å². The minimum Gasteiger partial charge on any atom is -0.0857 e.